The molecule has 3 aromatic heterocycles. The Labute approximate surface area is 156 Å². The predicted molar refractivity (Wildman–Crippen MR) is 105 cm³/mol. The topological polar surface area (TPSA) is 85.6 Å². The Morgan fingerprint density at radius 2 is 2.04 bits per heavy atom. The maximum Gasteiger partial charge on any atom is 0.247 e. The summed E-state index contributed by atoms with van der Waals surface area (Å²) in [5.74, 6) is 0.356. The Morgan fingerprint density at radius 1 is 1.15 bits per heavy atom. The first-order chi connectivity index (χ1) is 12.7. The Hall–Kier alpha value is -3.87. The molecule has 0 unspecified atom stereocenters. The van der Waals surface area contributed by atoms with Gasteiger partial charge >= 0.3 is 0 Å². The zero-order valence-electron chi connectivity index (χ0n) is 13.7. The summed E-state index contributed by atoms with van der Waals surface area (Å²) in [6, 6.07) is 9.24. The van der Waals surface area contributed by atoms with Crippen molar-refractivity contribution in [1.29, 1.82) is 0 Å². The van der Waals surface area contributed by atoms with Gasteiger partial charge in [0.2, 0.25) is 5.91 Å². The van der Waals surface area contributed by atoms with Crippen molar-refractivity contribution >= 4 is 22.6 Å². The molecule has 4 aromatic rings. The smallest absolute Gasteiger partial charge is 0.247 e. The SMILES string of the molecule is C.C=CC(=O)Nc1ccc2ncn(-c3cncc(-c4cccnc4)n3)c2c1. The summed E-state index contributed by atoms with van der Waals surface area (Å²) in [6.07, 6.45) is 9.71. The predicted octanol–water partition coefficient (Wildman–Crippen LogP) is 3.64. The number of fused-ring (bicyclic) bond motifs is 1. The van der Waals surface area contributed by atoms with Gasteiger partial charge in [0.15, 0.2) is 5.82 Å². The molecule has 134 valence electrons. The molecule has 0 saturated heterocycles. The third-order valence-corrected chi connectivity index (χ3v) is 3.83. The Balaban J connectivity index is 0.00000210. The van der Waals surface area contributed by atoms with Crippen molar-refractivity contribution in [2.75, 3.05) is 5.32 Å². The lowest BCUT2D eigenvalue weighted by molar-refractivity contribution is -0.111. The summed E-state index contributed by atoms with van der Waals surface area (Å²) < 4.78 is 1.83. The van der Waals surface area contributed by atoms with Crippen molar-refractivity contribution in [2.24, 2.45) is 0 Å². The molecule has 7 nitrogen and oxygen atoms in total. The quantitative estimate of drug-likeness (QED) is 0.563. The summed E-state index contributed by atoms with van der Waals surface area (Å²) >= 11 is 0. The molecular weight excluding hydrogens is 340 g/mol. The molecule has 1 aromatic carbocycles. The van der Waals surface area contributed by atoms with Gasteiger partial charge < -0.3 is 5.32 Å². The number of aromatic nitrogens is 5. The van der Waals surface area contributed by atoms with Crippen LogP contribution in [-0.4, -0.2) is 30.4 Å². The van der Waals surface area contributed by atoms with Crippen molar-refractivity contribution in [2.45, 2.75) is 7.43 Å². The number of nitrogens with one attached hydrogen (secondary N) is 1. The molecule has 1 amide bonds. The van der Waals surface area contributed by atoms with E-state index in [2.05, 4.69) is 31.8 Å². The van der Waals surface area contributed by atoms with Crippen molar-refractivity contribution < 1.29 is 4.79 Å². The number of rotatable bonds is 4. The van der Waals surface area contributed by atoms with E-state index >= 15 is 0 Å². The van der Waals surface area contributed by atoms with E-state index in [1.165, 1.54) is 6.08 Å². The van der Waals surface area contributed by atoms with Crippen LogP contribution in [0, 0.1) is 0 Å². The molecule has 1 N–H and O–H groups in total. The third kappa shape index (κ3) is 3.57. The van der Waals surface area contributed by atoms with Crippen LogP contribution >= 0.6 is 0 Å². The summed E-state index contributed by atoms with van der Waals surface area (Å²) in [7, 11) is 0. The second-order valence-corrected chi connectivity index (χ2v) is 5.52. The molecule has 3 heterocycles. The second kappa shape index (κ2) is 7.57. The van der Waals surface area contributed by atoms with E-state index in [4.69, 9.17) is 0 Å². The maximum atomic E-state index is 11.5. The zero-order valence-corrected chi connectivity index (χ0v) is 13.7. The fourth-order valence-corrected chi connectivity index (χ4v) is 2.59. The van der Waals surface area contributed by atoms with Gasteiger partial charge in [-0.25, -0.2) is 9.97 Å². The van der Waals surface area contributed by atoms with E-state index in [1.807, 2.05) is 28.8 Å². The highest BCUT2D eigenvalue weighted by atomic mass is 16.1. The Bertz CT molecular complexity index is 1100. The number of hydrogen-bond donors (Lipinski definition) is 1. The maximum absolute atomic E-state index is 11.5. The molecule has 0 saturated carbocycles. The largest absolute Gasteiger partial charge is 0.322 e. The normalized spacial score (nSPS) is 10.2. The van der Waals surface area contributed by atoms with E-state index in [0.29, 0.717) is 17.2 Å². The van der Waals surface area contributed by atoms with Gasteiger partial charge in [0, 0.05) is 23.6 Å². The second-order valence-electron chi connectivity index (χ2n) is 5.52. The van der Waals surface area contributed by atoms with Gasteiger partial charge in [-0.15, -0.1) is 0 Å². The van der Waals surface area contributed by atoms with Crippen LogP contribution in [0.5, 0.6) is 0 Å². The number of nitrogens with zero attached hydrogens (tertiary/aromatic N) is 5. The van der Waals surface area contributed by atoms with Crippen molar-refractivity contribution in [3.05, 3.63) is 74.1 Å². The van der Waals surface area contributed by atoms with Gasteiger partial charge in [0.1, 0.15) is 6.33 Å². The lowest BCUT2D eigenvalue weighted by Crippen LogP contribution is -2.07. The number of amides is 1. The fourth-order valence-electron chi connectivity index (χ4n) is 2.59. The van der Waals surface area contributed by atoms with Crippen molar-refractivity contribution in [1.82, 2.24) is 24.5 Å². The highest BCUT2D eigenvalue weighted by Crippen LogP contribution is 2.22. The first-order valence-electron chi connectivity index (χ1n) is 7.88. The third-order valence-electron chi connectivity index (χ3n) is 3.83. The molecule has 0 aliphatic heterocycles. The van der Waals surface area contributed by atoms with Gasteiger partial charge in [-0.3, -0.25) is 19.3 Å². The molecule has 0 aliphatic carbocycles. The fraction of sp³-hybridized carbons (Fsp3) is 0.0500. The average Bonchev–Trinajstić information content (AvgIpc) is 3.12. The van der Waals surface area contributed by atoms with Gasteiger partial charge in [0.25, 0.3) is 0 Å². The number of carbonyl (C=O) groups excluding carboxylic acids is 1. The monoisotopic (exact) mass is 358 g/mol. The summed E-state index contributed by atoms with van der Waals surface area (Å²) in [5.41, 5.74) is 3.85. The average molecular weight is 358 g/mol. The van der Waals surface area contributed by atoms with Crippen LogP contribution in [-0.2, 0) is 4.79 Å². The molecule has 0 spiro atoms. The molecule has 7 heteroatoms. The summed E-state index contributed by atoms with van der Waals surface area (Å²) in [6.45, 7) is 3.46. The lowest BCUT2D eigenvalue weighted by atomic mass is 10.2. The molecule has 0 fully saturated rings. The first-order valence-corrected chi connectivity index (χ1v) is 7.88. The van der Waals surface area contributed by atoms with Crippen LogP contribution in [0.2, 0.25) is 0 Å². The molecule has 0 radical (unpaired) electrons. The Kier molecular flexibility index (Phi) is 5.03. The van der Waals surface area contributed by atoms with Crippen molar-refractivity contribution in [3.8, 4) is 17.1 Å². The number of carbonyl (C=O) groups is 1. The summed E-state index contributed by atoms with van der Waals surface area (Å²) in [5, 5.41) is 2.75. The standard InChI is InChI=1S/C19H14N6O.CH4/c1-2-19(26)23-14-5-6-15-17(8-14)25(12-22-15)18-11-21-10-16(24-18)13-4-3-7-20-9-13;/h2-12H,1H2,(H,23,26);1H4. The molecule has 0 bridgehead atoms. The summed E-state index contributed by atoms with van der Waals surface area (Å²) in [4.78, 5) is 29.0. The number of hydrogen-bond acceptors (Lipinski definition) is 5. The van der Waals surface area contributed by atoms with Crippen molar-refractivity contribution in [3.63, 3.8) is 0 Å². The highest BCUT2D eigenvalue weighted by molar-refractivity contribution is 6.00. The molecule has 0 atom stereocenters. The van der Waals surface area contributed by atoms with Crippen LogP contribution in [0.15, 0.2) is 74.1 Å². The Morgan fingerprint density at radius 3 is 2.81 bits per heavy atom. The van der Waals surface area contributed by atoms with E-state index < -0.39 is 0 Å². The van der Waals surface area contributed by atoms with E-state index in [1.54, 1.807) is 37.2 Å². The van der Waals surface area contributed by atoms with Crippen LogP contribution in [0.3, 0.4) is 0 Å². The van der Waals surface area contributed by atoms with Crippen LogP contribution < -0.4 is 5.32 Å². The minimum Gasteiger partial charge on any atom is -0.322 e. The number of pyridine rings is 1. The van der Waals surface area contributed by atoms with Gasteiger partial charge in [-0.05, 0) is 36.4 Å². The van der Waals surface area contributed by atoms with Crippen LogP contribution in [0.25, 0.3) is 28.1 Å². The highest BCUT2D eigenvalue weighted by Gasteiger charge is 2.09. The number of benzene rings is 1. The van der Waals surface area contributed by atoms with Crippen LogP contribution in [0.1, 0.15) is 7.43 Å². The zero-order chi connectivity index (χ0) is 17.9. The first kappa shape index (κ1) is 17.9. The number of imidazole rings is 1. The van der Waals surface area contributed by atoms with Gasteiger partial charge in [0.05, 0.1) is 29.1 Å². The van der Waals surface area contributed by atoms with E-state index in [-0.39, 0.29) is 13.3 Å². The minimum absolute atomic E-state index is 0. The number of anilines is 1. The van der Waals surface area contributed by atoms with Gasteiger partial charge in [-0.1, -0.05) is 14.0 Å². The molecule has 4 rings (SSSR count). The van der Waals surface area contributed by atoms with Crippen LogP contribution in [0.4, 0.5) is 5.69 Å². The van der Waals surface area contributed by atoms with E-state index in [9.17, 15) is 4.79 Å². The minimum atomic E-state index is -0.270. The lowest BCUT2D eigenvalue weighted by Gasteiger charge is -2.07. The molecule has 27 heavy (non-hydrogen) atoms. The van der Waals surface area contributed by atoms with Gasteiger partial charge in [-0.2, -0.15) is 0 Å². The molecular formula is C20H18N6O. The van der Waals surface area contributed by atoms with E-state index in [0.717, 1.165) is 16.6 Å². The molecule has 0 aliphatic rings.